The summed E-state index contributed by atoms with van der Waals surface area (Å²) in [6.45, 7) is 4.61. The fourth-order valence-corrected chi connectivity index (χ4v) is 4.82. The van der Waals surface area contributed by atoms with Crippen molar-refractivity contribution in [3.63, 3.8) is 0 Å². The summed E-state index contributed by atoms with van der Waals surface area (Å²) in [4.78, 5) is 31.1. The van der Waals surface area contributed by atoms with Crippen molar-refractivity contribution in [3.05, 3.63) is 74.6 Å². The molecule has 3 aromatic rings. The molecule has 0 spiro atoms. The van der Waals surface area contributed by atoms with E-state index in [9.17, 15) is 9.59 Å². The van der Waals surface area contributed by atoms with Crippen LogP contribution in [-0.4, -0.2) is 62.2 Å². The van der Waals surface area contributed by atoms with Crippen molar-refractivity contribution < 1.29 is 18.7 Å². The van der Waals surface area contributed by atoms with Gasteiger partial charge in [0.2, 0.25) is 5.76 Å². The second-order valence-corrected chi connectivity index (χ2v) is 8.73. The fraction of sp³-hybridized carbons (Fsp3) is 0.360. The minimum Gasteiger partial charge on any atom is -0.497 e. The van der Waals surface area contributed by atoms with Gasteiger partial charge in [-0.05, 0) is 42.3 Å². The summed E-state index contributed by atoms with van der Waals surface area (Å²) < 4.78 is 16.7. The zero-order valence-electron chi connectivity index (χ0n) is 18.4. The molecular weight excluding hydrogens is 444 g/mol. The zero-order chi connectivity index (χ0) is 22.9. The molecule has 1 fully saturated rings. The van der Waals surface area contributed by atoms with Crippen molar-refractivity contribution in [1.29, 1.82) is 0 Å². The van der Waals surface area contributed by atoms with Crippen LogP contribution < -0.4 is 10.2 Å². The van der Waals surface area contributed by atoms with Gasteiger partial charge in [-0.25, -0.2) is 0 Å². The molecule has 2 aliphatic heterocycles. The van der Waals surface area contributed by atoms with Crippen molar-refractivity contribution in [3.8, 4) is 5.75 Å². The molecule has 1 atom stereocenters. The topological polar surface area (TPSA) is 72.2 Å². The molecule has 33 heavy (non-hydrogen) atoms. The van der Waals surface area contributed by atoms with Gasteiger partial charge >= 0.3 is 0 Å². The maximum Gasteiger partial charge on any atom is 0.290 e. The van der Waals surface area contributed by atoms with Gasteiger partial charge in [-0.15, -0.1) is 0 Å². The lowest BCUT2D eigenvalue weighted by Crippen LogP contribution is -2.38. The van der Waals surface area contributed by atoms with Gasteiger partial charge in [-0.3, -0.25) is 14.5 Å². The van der Waals surface area contributed by atoms with Crippen LogP contribution in [0.3, 0.4) is 0 Å². The summed E-state index contributed by atoms with van der Waals surface area (Å²) in [5.41, 5.74) is 1.34. The molecule has 7 nitrogen and oxygen atoms in total. The Labute approximate surface area is 196 Å². The number of morpholine rings is 1. The van der Waals surface area contributed by atoms with Crippen LogP contribution in [0.4, 0.5) is 0 Å². The third-order valence-corrected chi connectivity index (χ3v) is 6.57. The number of hydrogen-bond acceptors (Lipinski definition) is 6. The second kappa shape index (κ2) is 9.17. The first-order valence-corrected chi connectivity index (χ1v) is 11.5. The van der Waals surface area contributed by atoms with Crippen LogP contribution in [0.1, 0.15) is 34.1 Å². The minimum absolute atomic E-state index is 0.113. The Balaban J connectivity index is 1.53. The smallest absolute Gasteiger partial charge is 0.290 e. The Morgan fingerprint density at radius 3 is 2.55 bits per heavy atom. The van der Waals surface area contributed by atoms with Gasteiger partial charge in [-0.1, -0.05) is 23.7 Å². The van der Waals surface area contributed by atoms with Crippen molar-refractivity contribution in [2.75, 3.05) is 46.5 Å². The largest absolute Gasteiger partial charge is 0.497 e. The molecule has 172 valence electrons. The van der Waals surface area contributed by atoms with Gasteiger partial charge in [0.15, 0.2) is 5.43 Å². The van der Waals surface area contributed by atoms with Crippen molar-refractivity contribution in [2.45, 2.75) is 12.5 Å². The van der Waals surface area contributed by atoms with Crippen molar-refractivity contribution in [1.82, 2.24) is 9.80 Å². The highest BCUT2D eigenvalue weighted by molar-refractivity contribution is 6.31. The van der Waals surface area contributed by atoms with Gasteiger partial charge in [0.25, 0.3) is 5.91 Å². The van der Waals surface area contributed by atoms with Gasteiger partial charge < -0.3 is 18.8 Å². The van der Waals surface area contributed by atoms with E-state index in [4.69, 9.17) is 25.5 Å². The predicted octanol–water partition coefficient (Wildman–Crippen LogP) is 3.72. The van der Waals surface area contributed by atoms with Gasteiger partial charge in [0, 0.05) is 31.2 Å². The first kappa shape index (κ1) is 21.9. The molecule has 3 heterocycles. The third kappa shape index (κ3) is 4.12. The predicted molar refractivity (Wildman–Crippen MR) is 125 cm³/mol. The first-order chi connectivity index (χ1) is 16.1. The van der Waals surface area contributed by atoms with Gasteiger partial charge in [0.1, 0.15) is 11.3 Å². The number of ether oxygens (including phenoxy) is 2. The minimum atomic E-state index is -0.525. The number of methoxy groups -OCH3 is 1. The van der Waals surface area contributed by atoms with E-state index >= 15 is 0 Å². The van der Waals surface area contributed by atoms with Gasteiger partial charge in [-0.2, -0.15) is 0 Å². The van der Waals surface area contributed by atoms with E-state index < -0.39 is 6.04 Å². The van der Waals surface area contributed by atoms with Crippen LogP contribution >= 0.6 is 11.6 Å². The number of benzene rings is 2. The van der Waals surface area contributed by atoms with E-state index in [1.807, 2.05) is 24.3 Å². The highest BCUT2D eigenvalue weighted by atomic mass is 35.5. The number of rotatable bonds is 6. The summed E-state index contributed by atoms with van der Waals surface area (Å²) >= 11 is 6.14. The molecule has 2 aromatic carbocycles. The monoisotopic (exact) mass is 468 g/mol. The van der Waals surface area contributed by atoms with Crippen LogP contribution in [0.15, 0.2) is 51.7 Å². The molecule has 2 aliphatic rings. The number of carbonyl (C=O) groups excluding carboxylic acids is 1. The lowest BCUT2D eigenvalue weighted by molar-refractivity contribution is 0.0353. The summed E-state index contributed by atoms with van der Waals surface area (Å²) in [6.07, 6.45) is 0.784. The quantitative estimate of drug-likeness (QED) is 0.549. The number of fused-ring (bicyclic) bond motifs is 2. The fourth-order valence-electron chi connectivity index (χ4n) is 4.65. The third-order valence-electron chi connectivity index (χ3n) is 6.34. The lowest BCUT2D eigenvalue weighted by atomic mass is 9.98. The first-order valence-electron chi connectivity index (χ1n) is 11.1. The highest BCUT2D eigenvalue weighted by Crippen LogP contribution is 2.38. The molecule has 0 aliphatic carbocycles. The summed E-state index contributed by atoms with van der Waals surface area (Å²) in [7, 11) is 1.60. The molecule has 0 N–H and O–H groups in total. The maximum atomic E-state index is 13.5. The molecule has 5 rings (SSSR count). The number of hydrogen-bond donors (Lipinski definition) is 0. The average molecular weight is 469 g/mol. The number of carbonyl (C=O) groups is 1. The Morgan fingerprint density at radius 1 is 1.06 bits per heavy atom. The van der Waals surface area contributed by atoms with Crippen LogP contribution in [0, 0.1) is 0 Å². The van der Waals surface area contributed by atoms with E-state index in [0.29, 0.717) is 33.8 Å². The SMILES string of the molecule is COc1ccc(C2c3c(oc4ccc(Cl)cc4c3=O)C(=O)N2CCCN2CCOCC2)cc1. The Bertz CT molecular complexity index is 1230. The average Bonchev–Trinajstić information content (AvgIpc) is 3.12. The normalized spacial score (nSPS) is 18.7. The summed E-state index contributed by atoms with van der Waals surface area (Å²) in [6, 6.07) is 11.8. The molecule has 0 bridgehead atoms. The number of halogens is 1. The maximum absolute atomic E-state index is 13.5. The Hall–Kier alpha value is -2.87. The molecule has 0 radical (unpaired) electrons. The molecule has 1 amide bonds. The van der Waals surface area contributed by atoms with Crippen LogP contribution in [0.25, 0.3) is 11.0 Å². The van der Waals surface area contributed by atoms with Crippen LogP contribution in [0.5, 0.6) is 5.75 Å². The lowest BCUT2D eigenvalue weighted by Gasteiger charge is -2.29. The van der Waals surface area contributed by atoms with E-state index in [1.54, 1.807) is 30.2 Å². The number of nitrogens with zero attached hydrogens (tertiary/aromatic N) is 2. The molecule has 1 aromatic heterocycles. The van der Waals surface area contributed by atoms with Gasteiger partial charge in [0.05, 0.1) is 37.3 Å². The Kier molecular flexibility index (Phi) is 6.10. The van der Waals surface area contributed by atoms with E-state index in [0.717, 1.165) is 44.8 Å². The van der Waals surface area contributed by atoms with Crippen LogP contribution in [0.2, 0.25) is 5.02 Å². The van der Waals surface area contributed by atoms with Crippen molar-refractivity contribution >= 4 is 28.5 Å². The van der Waals surface area contributed by atoms with E-state index in [-0.39, 0.29) is 17.1 Å². The van der Waals surface area contributed by atoms with E-state index in [1.165, 1.54) is 0 Å². The molecular formula is C25H25ClN2O5. The molecule has 8 heteroatoms. The van der Waals surface area contributed by atoms with Crippen LogP contribution in [-0.2, 0) is 4.74 Å². The second-order valence-electron chi connectivity index (χ2n) is 8.30. The number of amides is 1. The molecule has 1 unspecified atom stereocenters. The zero-order valence-corrected chi connectivity index (χ0v) is 19.1. The standard InChI is InChI=1S/C25H25ClN2O5/c1-31-18-6-3-16(4-7-18)22-21-23(29)19-15-17(26)5-8-20(19)33-24(21)25(30)28(22)10-2-9-27-11-13-32-14-12-27/h3-8,15,22H,2,9-14H2,1H3. The Morgan fingerprint density at radius 2 is 1.82 bits per heavy atom. The molecule has 0 saturated carbocycles. The summed E-state index contributed by atoms with van der Waals surface area (Å²) in [5, 5.41) is 0.824. The summed E-state index contributed by atoms with van der Waals surface area (Å²) in [5.74, 6) is 0.559. The van der Waals surface area contributed by atoms with Crippen molar-refractivity contribution in [2.24, 2.45) is 0 Å². The van der Waals surface area contributed by atoms with E-state index in [2.05, 4.69) is 4.90 Å². The highest BCUT2D eigenvalue weighted by Gasteiger charge is 2.42. The molecule has 1 saturated heterocycles.